The molecule has 3 atom stereocenters. The second-order valence-corrected chi connectivity index (χ2v) is 5.69. The zero-order chi connectivity index (χ0) is 17.8. The third kappa shape index (κ3) is 6.99. The maximum absolute atomic E-state index is 11.4. The van der Waals surface area contributed by atoms with Gasteiger partial charge >= 0.3 is 11.9 Å². The lowest BCUT2D eigenvalue weighted by atomic mass is 9.94. The minimum atomic E-state index is -0.359. The predicted molar refractivity (Wildman–Crippen MR) is 95.2 cm³/mol. The summed E-state index contributed by atoms with van der Waals surface area (Å²) in [4.78, 5) is 21.5. The van der Waals surface area contributed by atoms with Gasteiger partial charge in [0, 0.05) is 6.08 Å². The van der Waals surface area contributed by atoms with Crippen molar-refractivity contribution in [3.8, 4) is 0 Å². The van der Waals surface area contributed by atoms with Crippen LogP contribution in [0.15, 0.2) is 49.1 Å². The van der Waals surface area contributed by atoms with Crippen molar-refractivity contribution >= 4 is 11.9 Å². The van der Waals surface area contributed by atoms with Crippen LogP contribution in [0.4, 0.5) is 0 Å². The smallest absolute Gasteiger partial charge is 0.330 e. The maximum Gasteiger partial charge on any atom is 0.330 e. The monoisotopic (exact) mass is 332 g/mol. The third-order valence-electron chi connectivity index (χ3n) is 3.98. The molecule has 0 spiro atoms. The van der Waals surface area contributed by atoms with Gasteiger partial charge in [0.2, 0.25) is 0 Å². The first kappa shape index (κ1) is 19.9. The van der Waals surface area contributed by atoms with Crippen LogP contribution in [0.2, 0.25) is 0 Å². The molecule has 132 valence electrons. The predicted octanol–water partition coefficient (Wildman–Crippen LogP) is 4.00. The quantitative estimate of drug-likeness (QED) is 0.443. The first-order chi connectivity index (χ1) is 11.6. The Morgan fingerprint density at radius 1 is 1.08 bits per heavy atom. The van der Waals surface area contributed by atoms with Crippen molar-refractivity contribution in [2.45, 2.75) is 33.1 Å². The Bertz CT molecular complexity index is 492. The lowest BCUT2D eigenvalue weighted by Gasteiger charge is -2.15. The molecular formula is C20H28O4. The first-order valence-electron chi connectivity index (χ1n) is 8.58. The van der Waals surface area contributed by atoms with Crippen LogP contribution in [-0.2, 0) is 19.1 Å². The molecule has 1 saturated carbocycles. The van der Waals surface area contributed by atoms with Crippen LogP contribution in [-0.4, -0.2) is 25.2 Å². The van der Waals surface area contributed by atoms with Crippen LogP contribution in [0, 0.1) is 17.8 Å². The van der Waals surface area contributed by atoms with Crippen molar-refractivity contribution in [1.82, 2.24) is 0 Å². The van der Waals surface area contributed by atoms with E-state index < -0.39 is 0 Å². The van der Waals surface area contributed by atoms with Crippen LogP contribution < -0.4 is 0 Å². The third-order valence-corrected chi connectivity index (χ3v) is 3.98. The first-order valence-corrected chi connectivity index (χ1v) is 8.58. The summed E-state index contributed by atoms with van der Waals surface area (Å²) in [5, 5.41) is 0. The van der Waals surface area contributed by atoms with E-state index in [0.717, 1.165) is 18.9 Å². The topological polar surface area (TPSA) is 52.6 Å². The highest BCUT2D eigenvalue weighted by molar-refractivity contribution is 5.81. The van der Waals surface area contributed by atoms with Crippen molar-refractivity contribution in [2.24, 2.45) is 17.8 Å². The van der Waals surface area contributed by atoms with Gasteiger partial charge in [-0.1, -0.05) is 43.0 Å². The molecule has 3 aliphatic rings. The van der Waals surface area contributed by atoms with Crippen LogP contribution in [0.25, 0.3) is 0 Å². The summed E-state index contributed by atoms with van der Waals surface area (Å²) in [6.45, 7) is 7.75. The lowest BCUT2D eigenvalue weighted by molar-refractivity contribution is -0.148. The van der Waals surface area contributed by atoms with Crippen molar-refractivity contribution in [3.63, 3.8) is 0 Å². The van der Waals surface area contributed by atoms with Crippen LogP contribution in [0.3, 0.4) is 0 Å². The van der Waals surface area contributed by atoms with Gasteiger partial charge in [-0.2, -0.15) is 0 Å². The second kappa shape index (κ2) is 11.4. The fourth-order valence-corrected chi connectivity index (χ4v) is 2.90. The SMILES string of the molecule is C1=CCC=C1.C=CC(=O)OCC.CCOC(=O)[C@@H]1CC2C=CC1C2. The van der Waals surface area contributed by atoms with Gasteiger partial charge in [-0.25, -0.2) is 4.79 Å². The maximum atomic E-state index is 11.4. The van der Waals surface area contributed by atoms with Gasteiger partial charge in [0.15, 0.2) is 0 Å². The molecule has 0 N–H and O–H groups in total. The van der Waals surface area contributed by atoms with E-state index in [0.29, 0.717) is 25.0 Å². The second-order valence-electron chi connectivity index (χ2n) is 5.69. The molecule has 3 aliphatic carbocycles. The standard InChI is InChI=1S/C10H14O2.C5H8O2.C5H6/c1-2-12-10(11)9-6-7-3-4-8(9)5-7;1-3-5(6)7-4-2;1-2-4-5-3-1/h3-4,7-9H,2,5-6H2,1H3;3H,1,4H2,2H3;1-4H,5H2/t7?,8?,9-;;/m1../s1. The molecule has 0 aromatic carbocycles. The number of ether oxygens (including phenoxy) is 2. The van der Waals surface area contributed by atoms with Gasteiger partial charge in [0.1, 0.15) is 0 Å². The van der Waals surface area contributed by atoms with Crippen molar-refractivity contribution in [3.05, 3.63) is 49.1 Å². The van der Waals surface area contributed by atoms with E-state index in [1.165, 1.54) is 6.42 Å². The van der Waals surface area contributed by atoms with E-state index in [2.05, 4.69) is 47.8 Å². The number of esters is 2. The average Bonchev–Trinajstić information content (AvgIpc) is 3.34. The van der Waals surface area contributed by atoms with E-state index in [9.17, 15) is 9.59 Å². The largest absolute Gasteiger partial charge is 0.466 e. The number of fused-ring (bicyclic) bond motifs is 2. The van der Waals surface area contributed by atoms with Crippen molar-refractivity contribution in [2.75, 3.05) is 13.2 Å². The Labute approximate surface area is 144 Å². The molecule has 3 rings (SSSR count). The number of hydrogen-bond acceptors (Lipinski definition) is 4. The fraction of sp³-hybridized carbons (Fsp3) is 0.500. The van der Waals surface area contributed by atoms with E-state index in [1.807, 2.05) is 6.92 Å². The summed E-state index contributed by atoms with van der Waals surface area (Å²) in [5.74, 6) is 0.954. The Kier molecular flexibility index (Phi) is 9.51. The van der Waals surface area contributed by atoms with Crippen LogP contribution in [0.5, 0.6) is 0 Å². The molecule has 24 heavy (non-hydrogen) atoms. The van der Waals surface area contributed by atoms with Gasteiger partial charge in [0.25, 0.3) is 0 Å². The molecule has 1 fully saturated rings. The van der Waals surface area contributed by atoms with E-state index in [4.69, 9.17) is 4.74 Å². The molecular weight excluding hydrogens is 304 g/mol. The minimum Gasteiger partial charge on any atom is -0.466 e. The molecule has 2 unspecified atom stereocenters. The zero-order valence-corrected chi connectivity index (χ0v) is 14.6. The molecule has 0 heterocycles. The summed E-state index contributed by atoms with van der Waals surface area (Å²) in [6.07, 6.45) is 17.2. The molecule has 0 aromatic rings. The summed E-state index contributed by atoms with van der Waals surface area (Å²) in [7, 11) is 0. The van der Waals surface area contributed by atoms with Crippen LogP contribution in [0.1, 0.15) is 33.1 Å². The number of allylic oxidation sites excluding steroid dienone is 6. The van der Waals surface area contributed by atoms with Gasteiger partial charge < -0.3 is 9.47 Å². The number of rotatable bonds is 4. The van der Waals surface area contributed by atoms with Crippen molar-refractivity contribution in [1.29, 1.82) is 0 Å². The van der Waals surface area contributed by atoms with Gasteiger partial charge in [-0.15, -0.1) is 0 Å². The zero-order valence-electron chi connectivity index (χ0n) is 14.6. The highest BCUT2D eigenvalue weighted by atomic mass is 16.5. The van der Waals surface area contributed by atoms with E-state index in [1.54, 1.807) is 6.92 Å². The Morgan fingerprint density at radius 3 is 2.08 bits per heavy atom. The summed E-state index contributed by atoms with van der Waals surface area (Å²) in [5.41, 5.74) is 0. The molecule has 0 aromatic heterocycles. The highest BCUT2D eigenvalue weighted by Crippen LogP contribution is 2.43. The van der Waals surface area contributed by atoms with Gasteiger partial charge in [-0.05, 0) is 44.9 Å². The molecule has 0 amide bonds. The average molecular weight is 332 g/mol. The lowest BCUT2D eigenvalue weighted by Crippen LogP contribution is -2.21. The van der Waals surface area contributed by atoms with E-state index in [-0.39, 0.29) is 17.9 Å². The molecule has 4 nitrogen and oxygen atoms in total. The molecule has 2 bridgehead atoms. The molecule has 0 aliphatic heterocycles. The summed E-state index contributed by atoms with van der Waals surface area (Å²) in [6, 6.07) is 0. The number of carbonyl (C=O) groups excluding carboxylic acids is 2. The summed E-state index contributed by atoms with van der Waals surface area (Å²) < 4.78 is 9.44. The number of carbonyl (C=O) groups is 2. The Morgan fingerprint density at radius 2 is 1.75 bits per heavy atom. The molecule has 0 radical (unpaired) electrons. The van der Waals surface area contributed by atoms with E-state index >= 15 is 0 Å². The summed E-state index contributed by atoms with van der Waals surface area (Å²) >= 11 is 0. The Balaban J connectivity index is 0.000000204. The van der Waals surface area contributed by atoms with Gasteiger partial charge in [-0.3, -0.25) is 4.79 Å². The minimum absolute atomic E-state index is 0.00866. The van der Waals surface area contributed by atoms with Crippen molar-refractivity contribution < 1.29 is 19.1 Å². The highest BCUT2D eigenvalue weighted by Gasteiger charge is 2.40. The van der Waals surface area contributed by atoms with Crippen LogP contribution >= 0.6 is 0 Å². The normalized spacial score (nSPS) is 24.5. The molecule has 4 heteroatoms. The fourth-order valence-electron chi connectivity index (χ4n) is 2.90. The van der Waals surface area contributed by atoms with Gasteiger partial charge in [0.05, 0.1) is 19.1 Å². The number of hydrogen-bond donors (Lipinski definition) is 0. The Hall–Kier alpha value is -2.10. The molecule has 0 saturated heterocycles.